The van der Waals surface area contributed by atoms with Gasteiger partial charge in [-0.1, -0.05) is 41.9 Å². The number of benzene rings is 2. The number of rotatable bonds is 8. The van der Waals surface area contributed by atoms with Gasteiger partial charge in [-0.2, -0.15) is 0 Å². The zero-order valence-electron chi connectivity index (χ0n) is 15.7. The first-order chi connectivity index (χ1) is 12.7. The van der Waals surface area contributed by atoms with Crippen LogP contribution < -0.4 is 9.62 Å². The number of sulfonamides is 1. The fourth-order valence-electron chi connectivity index (χ4n) is 2.86. The maximum absolute atomic E-state index is 12.6. The number of carbonyl (C=O) groups excluding carboxylic acids is 1. The minimum absolute atomic E-state index is 0.0771. The van der Waals surface area contributed by atoms with Gasteiger partial charge in [0, 0.05) is 11.1 Å². The van der Waals surface area contributed by atoms with Gasteiger partial charge in [-0.15, -0.1) is 0 Å². The summed E-state index contributed by atoms with van der Waals surface area (Å²) >= 11 is 5.88. The van der Waals surface area contributed by atoms with E-state index in [0.29, 0.717) is 10.7 Å². The first-order valence-corrected chi connectivity index (χ1v) is 11.0. The lowest BCUT2D eigenvalue weighted by Crippen LogP contribution is -2.49. The van der Waals surface area contributed by atoms with Gasteiger partial charge in [-0.05, 0) is 56.5 Å². The zero-order chi connectivity index (χ0) is 20.0. The number of hydrogen-bond acceptors (Lipinski definition) is 3. The minimum atomic E-state index is -3.64. The summed E-state index contributed by atoms with van der Waals surface area (Å²) in [7, 11) is -3.64. The predicted octanol–water partition coefficient (Wildman–Crippen LogP) is 3.63. The van der Waals surface area contributed by atoms with E-state index in [4.69, 9.17) is 11.6 Å². The molecule has 0 aromatic heterocycles. The van der Waals surface area contributed by atoms with Gasteiger partial charge in [0.25, 0.3) is 0 Å². The van der Waals surface area contributed by atoms with Crippen molar-refractivity contribution in [3.05, 3.63) is 65.2 Å². The van der Waals surface area contributed by atoms with Gasteiger partial charge in [0.15, 0.2) is 0 Å². The lowest BCUT2D eigenvalue weighted by molar-refractivity contribution is -0.122. The third-order valence-corrected chi connectivity index (χ3v) is 5.76. The van der Waals surface area contributed by atoms with Gasteiger partial charge >= 0.3 is 0 Å². The van der Waals surface area contributed by atoms with Crippen molar-refractivity contribution in [3.8, 4) is 0 Å². The molecule has 0 bridgehead atoms. The van der Waals surface area contributed by atoms with E-state index in [2.05, 4.69) is 5.32 Å². The van der Waals surface area contributed by atoms with Crippen molar-refractivity contribution in [2.24, 2.45) is 0 Å². The van der Waals surface area contributed by atoms with Crippen LogP contribution in [0.1, 0.15) is 25.8 Å². The van der Waals surface area contributed by atoms with Gasteiger partial charge in [-0.3, -0.25) is 9.10 Å². The van der Waals surface area contributed by atoms with Crippen molar-refractivity contribution in [2.45, 2.75) is 38.8 Å². The van der Waals surface area contributed by atoms with Crippen LogP contribution in [0.4, 0.5) is 5.69 Å². The molecule has 2 atom stereocenters. The average Bonchev–Trinajstić information content (AvgIpc) is 2.61. The van der Waals surface area contributed by atoms with Crippen molar-refractivity contribution in [3.63, 3.8) is 0 Å². The van der Waals surface area contributed by atoms with Gasteiger partial charge in [-0.25, -0.2) is 8.42 Å². The van der Waals surface area contributed by atoms with Gasteiger partial charge in [0.1, 0.15) is 6.04 Å². The predicted molar refractivity (Wildman–Crippen MR) is 111 cm³/mol. The average molecular weight is 409 g/mol. The summed E-state index contributed by atoms with van der Waals surface area (Å²) in [5, 5.41) is 3.41. The molecule has 0 aliphatic heterocycles. The Hall–Kier alpha value is -2.05. The smallest absolute Gasteiger partial charge is 0.243 e. The molecule has 0 spiro atoms. The quantitative estimate of drug-likeness (QED) is 0.725. The summed E-state index contributed by atoms with van der Waals surface area (Å²) < 4.78 is 25.7. The second kappa shape index (κ2) is 9.24. The maximum Gasteiger partial charge on any atom is 0.243 e. The van der Waals surface area contributed by atoms with Crippen molar-refractivity contribution >= 4 is 33.2 Å². The molecule has 2 aromatic carbocycles. The third-order valence-electron chi connectivity index (χ3n) is 4.27. The zero-order valence-corrected chi connectivity index (χ0v) is 17.3. The summed E-state index contributed by atoms with van der Waals surface area (Å²) in [5.74, 6) is -0.337. The number of anilines is 1. The van der Waals surface area contributed by atoms with Crippen LogP contribution >= 0.6 is 11.6 Å². The molecular weight excluding hydrogens is 384 g/mol. The molecular formula is C20H25ClN2O3S. The van der Waals surface area contributed by atoms with Crippen molar-refractivity contribution < 1.29 is 13.2 Å². The van der Waals surface area contributed by atoms with Gasteiger partial charge in [0.2, 0.25) is 15.9 Å². The molecule has 0 radical (unpaired) electrons. The van der Waals surface area contributed by atoms with E-state index in [-0.39, 0.29) is 11.9 Å². The van der Waals surface area contributed by atoms with Crippen LogP contribution in [0.25, 0.3) is 0 Å². The van der Waals surface area contributed by atoms with E-state index >= 15 is 0 Å². The summed E-state index contributed by atoms with van der Waals surface area (Å²) in [6.45, 7) is 3.50. The summed E-state index contributed by atoms with van der Waals surface area (Å²) in [5.41, 5.74) is 1.60. The molecule has 0 aliphatic rings. The Kier molecular flexibility index (Phi) is 7.27. The van der Waals surface area contributed by atoms with Crippen LogP contribution in [0.15, 0.2) is 54.6 Å². The van der Waals surface area contributed by atoms with Crippen LogP contribution in [0, 0.1) is 0 Å². The largest absolute Gasteiger partial charge is 0.352 e. The number of carbonyl (C=O) groups is 1. The standard InChI is InChI=1S/C20H25ClN2O3S/c1-15(9-10-17-7-5-4-6-8-17)22-20(24)16(2)23(27(3,25)26)19-13-11-18(21)12-14-19/h4-8,11-16H,9-10H2,1-3H3,(H,22,24)/t15-,16+/m0/s1. The summed E-state index contributed by atoms with van der Waals surface area (Å²) in [6, 6.07) is 15.4. The van der Waals surface area contributed by atoms with E-state index in [1.165, 1.54) is 5.56 Å². The van der Waals surface area contributed by atoms with Crippen LogP contribution in [0.2, 0.25) is 5.02 Å². The molecule has 7 heteroatoms. The number of amides is 1. The lowest BCUT2D eigenvalue weighted by atomic mass is 10.1. The molecule has 2 aromatic rings. The summed E-state index contributed by atoms with van der Waals surface area (Å²) in [4.78, 5) is 12.6. The highest BCUT2D eigenvalue weighted by Gasteiger charge is 2.29. The van der Waals surface area contributed by atoms with Gasteiger partial charge in [0.05, 0.1) is 11.9 Å². The Morgan fingerprint density at radius 2 is 1.67 bits per heavy atom. The molecule has 0 fully saturated rings. The van der Waals surface area contributed by atoms with E-state index in [9.17, 15) is 13.2 Å². The molecule has 0 aliphatic carbocycles. The van der Waals surface area contributed by atoms with Crippen molar-refractivity contribution in [1.29, 1.82) is 0 Å². The topological polar surface area (TPSA) is 66.5 Å². The maximum atomic E-state index is 12.6. The number of hydrogen-bond donors (Lipinski definition) is 1. The molecule has 0 saturated heterocycles. The number of halogens is 1. The molecule has 5 nitrogen and oxygen atoms in total. The monoisotopic (exact) mass is 408 g/mol. The normalized spacial score (nSPS) is 13.6. The summed E-state index contributed by atoms with van der Waals surface area (Å²) in [6.07, 6.45) is 2.69. The van der Waals surface area contributed by atoms with E-state index in [1.54, 1.807) is 31.2 Å². The van der Waals surface area contributed by atoms with Crippen LogP contribution in [-0.2, 0) is 21.2 Å². The lowest BCUT2D eigenvalue weighted by Gasteiger charge is -2.29. The van der Waals surface area contributed by atoms with Crippen molar-refractivity contribution in [2.75, 3.05) is 10.6 Å². The Morgan fingerprint density at radius 3 is 2.22 bits per heavy atom. The van der Waals surface area contributed by atoms with Crippen LogP contribution in [0.5, 0.6) is 0 Å². The molecule has 0 saturated carbocycles. The number of nitrogens with zero attached hydrogens (tertiary/aromatic N) is 1. The van der Waals surface area contributed by atoms with E-state index in [1.807, 2.05) is 37.3 Å². The Labute approximate surface area is 166 Å². The molecule has 0 heterocycles. The van der Waals surface area contributed by atoms with Gasteiger partial charge < -0.3 is 5.32 Å². The highest BCUT2D eigenvalue weighted by molar-refractivity contribution is 7.92. The first kappa shape index (κ1) is 21.3. The molecule has 1 amide bonds. The first-order valence-electron chi connectivity index (χ1n) is 8.77. The molecule has 146 valence electrons. The SMILES string of the molecule is C[C@H](C(=O)N[C@@H](C)CCc1ccccc1)N(c1ccc(Cl)cc1)S(C)(=O)=O. The van der Waals surface area contributed by atoms with E-state index < -0.39 is 16.1 Å². The highest BCUT2D eigenvalue weighted by atomic mass is 35.5. The Balaban J connectivity index is 2.04. The molecule has 2 rings (SSSR count). The molecule has 27 heavy (non-hydrogen) atoms. The minimum Gasteiger partial charge on any atom is -0.352 e. The number of aryl methyl sites for hydroxylation is 1. The second-order valence-electron chi connectivity index (χ2n) is 6.65. The highest BCUT2D eigenvalue weighted by Crippen LogP contribution is 2.23. The molecule has 0 unspecified atom stereocenters. The van der Waals surface area contributed by atoms with E-state index in [0.717, 1.165) is 23.4 Å². The van der Waals surface area contributed by atoms with Crippen molar-refractivity contribution in [1.82, 2.24) is 5.32 Å². The van der Waals surface area contributed by atoms with Crippen LogP contribution in [0.3, 0.4) is 0 Å². The fraction of sp³-hybridized carbons (Fsp3) is 0.350. The van der Waals surface area contributed by atoms with Crippen LogP contribution in [-0.4, -0.2) is 32.7 Å². The fourth-order valence-corrected chi connectivity index (χ4v) is 4.16. The second-order valence-corrected chi connectivity index (χ2v) is 8.94. The Bertz CT molecular complexity index is 855. The molecule has 1 N–H and O–H groups in total. The Morgan fingerprint density at radius 1 is 1.07 bits per heavy atom. The number of nitrogens with one attached hydrogen (secondary N) is 1. The third kappa shape index (κ3) is 6.26.